The van der Waals surface area contributed by atoms with Crippen molar-refractivity contribution in [2.24, 2.45) is 5.92 Å². The zero-order chi connectivity index (χ0) is 13.1. The molecule has 0 saturated carbocycles. The summed E-state index contributed by atoms with van der Waals surface area (Å²) >= 11 is 0. The number of aliphatic hydroxyl groups is 1. The summed E-state index contributed by atoms with van der Waals surface area (Å²) in [6.45, 7) is 1.91. The van der Waals surface area contributed by atoms with Gasteiger partial charge in [-0.2, -0.15) is 0 Å². The number of methoxy groups -OCH3 is 1. The lowest BCUT2D eigenvalue weighted by atomic mass is 9.89. The number of nitrogen functional groups attached to an aromatic ring is 1. The molecule has 3 N–H and O–H groups in total. The fourth-order valence-corrected chi connectivity index (χ4v) is 2.62. The van der Waals surface area contributed by atoms with E-state index in [1.54, 1.807) is 7.11 Å². The third-order valence-corrected chi connectivity index (χ3v) is 3.69. The first-order valence-electron chi connectivity index (χ1n) is 6.39. The predicted molar refractivity (Wildman–Crippen MR) is 72.7 cm³/mol. The van der Waals surface area contributed by atoms with Gasteiger partial charge in [0, 0.05) is 19.0 Å². The molecule has 1 aliphatic rings. The highest BCUT2D eigenvalue weighted by Gasteiger charge is 2.26. The van der Waals surface area contributed by atoms with E-state index in [2.05, 4.69) is 11.9 Å². The van der Waals surface area contributed by atoms with Crippen LogP contribution in [0.2, 0.25) is 0 Å². The quantitative estimate of drug-likeness (QED) is 0.790. The summed E-state index contributed by atoms with van der Waals surface area (Å²) < 4.78 is 5.15. The van der Waals surface area contributed by atoms with Gasteiger partial charge in [-0.05, 0) is 37.6 Å². The van der Waals surface area contributed by atoms with E-state index >= 15 is 0 Å². The summed E-state index contributed by atoms with van der Waals surface area (Å²) in [7, 11) is 3.71. The lowest BCUT2D eigenvalue weighted by Crippen LogP contribution is -2.41. The van der Waals surface area contributed by atoms with Gasteiger partial charge in [0.15, 0.2) is 0 Å². The number of rotatable bonds is 3. The van der Waals surface area contributed by atoms with Crippen LogP contribution >= 0.6 is 0 Å². The molecular formula is C14H22N2O2. The smallest absolute Gasteiger partial charge is 0.141 e. The lowest BCUT2D eigenvalue weighted by molar-refractivity contribution is 0.0366. The molecule has 1 heterocycles. The van der Waals surface area contributed by atoms with Crippen molar-refractivity contribution in [2.45, 2.75) is 18.9 Å². The van der Waals surface area contributed by atoms with Crippen molar-refractivity contribution in [3.63, 3.8) is 0 Å². The highest BCUT2D eigenvalue weighted by atomic mass is 16.5. The Hall–Kier alpha value is -1.26. The molecule has 2 atom stereocenters. The van der Waals surface area contributed by atoms with E-state index in [-0.39, 0.29) is 12.0 Å². The molecule has 1 aliphatic heterocycles. The number of anilines is 1. The van der Waals surface area contributed by atoms with E-state index in [1.807, 2.05) is 18.2 Å². The van der Waals surface area contributed by atoms with Crippen molar-refractivity contribution in [1.82, 2.24) is 4.90 Å². The maximum Gasteiger partial charge on any atom is 0.141 e. The molecule has 1 aromatic rings. The van der Waals surface area contributed by atoms with Crippen molar-refractivity contribution in [3.05, 3.63) is 23.8 Å². The molecule has 4 heteroatoms. The van der Waals surface area contributed by atoms with Gasteiger partial charge in [0.05, 0.1) is 18.9 Å². The number of ether oxygens (including phenoxy) is 1. The monoisotopic (exact) mass is 250 g/mol. The van der Waals surface area contributed by atoms with Crippen LogP contribution in [-0.2, 0) is 6.42 Å². The third-order valence-electron chi connectivity index (χ3n) is 3.69. The summed E-state index contributed by atoms with van der Waals surface area (Å²) in [6.07, 6.45) is 1.51. The largest absolute Gasteiger partial charge is 0.495 e. The summed E-state index contributed by atoms with van der Waals surface area (Å²) in [5, 5.41) is 10.0. The van der Waals surface area contributed by atoms with Crippen LogP contribution in [0.15, 0.2) is 18.2 Å². The molecule has 0 aromatic heterocycles. The van der Waals surface area contributed by atoms with E-state index in [4.69, 9.17) is 10.5 Å². The van der Waals surface area contributed by atoms with Gasteiger partial charge in [-0.3, -0.25) is 0 Å². The normalized spacial score (nSPS) is 25.1. The zero-order valence-electron chi connectivity index (χ0n) is 11.1. The van der Waals surface area contributed by atoms with Crippen LogP contribution in [0.3, 0.4) is 0 Å². The van der Waals surface area contributed by atoms with Crippen LogP contribution in [0.4, 0.5) is 5.69 Å². The van der Waals surface area contributed by atoms with Crippen molar-refractivity contribution < 1.29 is 9.84 Å². The van der Waals surface area contributed by atoms with Gasteiger partial charge in [0.25, 0.3) is 0 Å². The summed E-state index contributed by atoms with van der Waals surface area (Å²) in [6, 6.07) is 5.86. The number of likely N-dealkylation sites (tertiary alicyclic amines) is 1. The van der Waals surface area contributed by atoms with Crippen LogP contribution in [0.25, 0.3) is 0 Å². The van der Waals surface area contributed by atoms with Crippen LogP contribution in [-0.4, -0.2) is 43.4 Å². The van der Waals surface area contributed by atoms with Crippen molar-refractivity contribution in [1.29, 1.82) is 0 Å². The Labute approximate surface area is 108 Å². The van der Waals surface area contributed by atoms with Gasteiger partial charge in [-0.15, -0.1) is 0 Å². The Morgan fingerprint density at radius 2 is 2.28 bits per heavy atom. The molecule has 100 valence electrons. The number of piperidine rings is 1. The number of nitrogens with zero attached hydrogens (tertiary/aromatic N) is 1. The molecule has 2 unspecified atom stereocenters. The molecule has 1 saturated heterocycles. The van der Waals surface area contributed by atoms with Gasteiger partial charge in [0.1, 0.15) is 5.75 Å². The molecule has 2 rings (SSSR count). The molecule has 0 radical (unpaired) electrons. The first-order chi connectivity index (χ1) is 8.60. The minimum Gasteiger partial charge on any atom is -0.495 e. The Kier molecular flexibility index (Phi) is 4.09. The van der Waals surface area contributed by atoms with Crippen molar-refractivity contribution in [3.8, 4) is 5.75 Å². The standard InChI is InChI=1S/C14H22N2O2/c1-16-6-5-13(17)11(9-16)7-10-3-4-14(18-2)12(15)8-10/h3-4,8,11,13,17H,5-7,9,15H2,1-2H3. The maximum absolute atomic E-state index is 10.0. The molecular weight excluding hydrogens is 228 g/mol. The Morgan fingerprint density at radius 1 is 1.50 bits per heavy atom. The zero-order valence-corrected chi connectivity index (χ0v) is 11.1. The first kappa shape index (κ1) is 13.2. The first-order valence-corrected chi connectivity index (χ1v) is 6.39. The summed E-state index contributed by atoms with van der Waals surface area (Å²) in [4.78, 5) is 2.27. The van der Waals surface area contributed by atoms with Gasteiger partial charge in [-0.25, -0.2) is 0 Å². The second-order valence-electron chi connectivity index (χ2n) is 5.16. The van der Waals surface area contributed by atoms with Gasteiger partial charge >= 0.3 is 0 Å². The number of benzene rings is 1. The topological polar surface area (TPSA) is 58.7 Å². The number of hydrogen-bond acceptors (Lipinski definition) is 4. The van der Waals surface area contributed by atoms with E-state index < -0.39 is 0 Å². The lowest BCUT2D eigenvalue weighted by Gasteiger charge is -2.34. The molecule has 0 spiro atoms. The van der Waals surface area contributed by atoms with Crippen LogP contribution < -0.4 is 10.5 Å². The highest BCUT2D eigenvalue weighted by molar-refractivity contribution is 5.54. The summed E-state index contributed by atoms with van der Waals surface area (Å²) in [5.41, 5.74) is 7.72. The average Bonchev–Trinajstić information content (AvgIpc) is 2.34. The second kappa shape index (κ2) is 5.59. The molecule has 1 fully saturated rings. The van der Waals surface area contributed by atoms with Crippen LogP contribution in [0.5, 0.6) is 5.75 Å². The Balaban J connectivity index is 2.06. The van der Waals surface area contributed by atoms with Gasteiger partial charge in [0.2, 0.25) is 0 Å². The maximum atomic E-state index is 10.0. The van der Waals surface area contributed by atoms with Crippen molar-refractivity contribution >= 4 is 5.69 Å². The Bertz CT molecular complexity index is 409. The van der Waals surface area contributed by atoms with Crippen molar-refractivity contribution in [2.75, 3.05) is 33.0 Å². The number of hydrogen-bond donors (Lipinski definition) is 2. The van der Waals surface area contributed by atoms with E-state index in [1.165, 1.54) is 0 Å². The van der Waals surface area contributed by atoms with Crippen LogP contribution in [0, 0.1) is 5.92 Å². The minimum atomic E-state index is -0.204. The highest BCUT2D eigenvalue weighted by Crippen LogP contribution is 2.26. The third kappa shape index (κ3) is 2.94. The minimum absolute atomic E-state index is 0.204. The molecule has 0 bridgehead atoms. The fraction of sp³-hybridized carbons (Fsp3) is 0.571. The van der Waals surface area contributed by atoms with E-state index in [0.717, 1.165) is 31.5 Å². The molecule has 4 nitrogen and oxygen atoms in total. The fourth-order valence-electron chi connectivity index (χ4n) is 2.62. The SMILES string of the molecule is COc1ccc(CC2CN(C)CCC2O)cc1N. The molecule has 0 aliphatic carbocycles. The van der Waals surface area contributed by atoms with Crippen LogP contribution in [0.1, 0.15) is 12.0 Å². The van der Waals surface area contributed by atoms with E-state index in [9.17, 15) is 5.11 Å². The van der Waals surface area contributed by atoms with E-state index in [0.29, 0.717) is 11.4 Å². The number of aliphatic hydroxyl groups excluding tert-OH is 1. The van der Waals surface area contributed by atoms with Gasteiger partial charge in [-0.1, -0.05) is 6.07 Å². The molecule has 1 aromatic carbocycles. The molecule has 18 heavy (non-hydrogen) atoms. The summed E-state index contributed by atoms with van der Waals surface area (Å²) in [5.74, 6) is 0.997. The molecule has 0 amide bonds. The predicted octanol–water partition coefficient (Wildman–Crippen LogP) is 1.13. The second-order valence-corrected chi connectivity index (χ2v) is 5.16. The number of nitrogens with two attached hydrogens (primary N) is 1. The average molecular weight is 250 g/mol. The Morgan fingerprint density at radius 3 is 2.94 bits per heavy atom. The van der Waals surface area contributed by atoms with Gasteiger partial charge < -0.3 is 20.5 Å².